The topological polar surface area (TPSA) is 84.8 Å². The van der Waals surface area contributed by atoms with Gasteiger partial charge in [0.2, 0.25) is 0 Å². The summed E-state index contributed by atoms with van der Waals surface area (Å²) < 4.78 is 7.48. The lowest BCUT2D eigenvalue weighted by Crippen LogP contribution is -2.27. The predicted molar refractivity (Wildman–Crippen MR) is 103 cm³/mol. The average Bonchev–Trinajstić information content (AvgIpc) is 3.14. The smallest absolute Gasteiger partial charge is 0.271 e. The minimum Gasteiger partial charge on any atom is -0.496 e. The number of nitrogens with one attached hydrogen (secondary N) is 2. The Morgan fingerprint density at radius 1 is 1.29 bits per heavy atom. The van der Waals surface area contributed by atoms with Gasteiger partial charge in [0.25, 0.3) is 5.91 Å². The van der Waals surface area contributed by atoms with Crippen LogP contribution in [0.4, 0.5) is 0 Å². The number of aromatic nitrogens is 4. The summed E-state index contributed by atoms with van der Waals surface area (Å²) >= 11 is 0. The highest BCUT2D eigenvalue weighted by molar-refractivity contribution is 5.94. The number of methoxy groups -OCH3 is 1. The molecule has 1 saturated carbocycles. The molecule has 2 aliphatic rings. The van der Waals surface area contributed by atoms with Crippen LogP contribution in [0.2, 0.25) is 0 Å². The van der Waals surface area contributed by atoms with E-state index in [1.165, 1.54) is 0 Å². The van der Waals surface area contributed by atoms with E-state index in [0.29, 0.717) is 12.2 Å². The average molecular weight is 377 g/mol. The molecule has 0 saturated heterocycles. The van der Waals surface area contributed by atoms with E-state index in [-0.39, 0.29) is 17.2 Å². The predicted octanol–water partition coefficient (Wildman–Crippen LogP) is 2.42. The summed E-state index contributed by atoms with van der Waals surface area (Å²) in [5, 5.41) is 7.37. The van der Waals surface area contributed by atoms with Crippen molar-refractivity contribution in [3.05, 3.63) is 65.5 Å². The van der Waals surface area contributed by atoms with Crippen molar-refractivity contribution in [3.8, 4) is 5.75 Å². The number of para-hydroxylation sites is 1. The minimum atomic E-state index is -0.107. The summed E-state index contributed by atoms with van der Waals surface area (Å²) in [5.41, 5.74) is 2.50. The third-order valence-electron chi connectivity index (χ3n) is 5.91. The van der Waals surface area contributed by atoms with Gasteiger partial charge in [0.05, 0.1) is 13.7 Å². The Morgan fingerprint density at radius 3 is 2.89 bits per heavy atom. The number of carbonyl (C=O) groups is 1. The zero-order chi connectivity index (χ0) is 19.1. The molecule has 1 atom stereocenters. The van der Waals surface area contributed by atoms with E-state index in [2.05, 4.69) is 21.5 Å². The molecule has 0 bridgehead atoms. The standard InChI is InChI=1S/C21H23N5O2/c1-28-17-6-3-2-5-15(17)14-11-16-18(19(27)22-12-14)25-20(24-16)21(7-8-21)13-26-10-4-9-23-26/h2-6,9-10,14H,7-8,11-13H2,1H3,(H,22,27)(H,24,25). The van der Waals surface area contributed by atoms with Crippen LogP contribution in [-0.4, -0.2) is 39.3 Å². The van der Waals surface area contributed by atoms with Gasteiger partial charge in [0.1, 0.15) is 17.3 Å². The molecule has 2 aromatic heterocycles. The number of carbonyl (C=O) groups excluding carboxylic acids is 1. The SMILES string of the molecule is COc1ccccc1C1CNC(=O)c2nc(C3(Cn4cccn4)CC3)[nH]c2C1. The molecule has 1 aromatic carbocycles. The number of rotatable bonds is 5. The van der Waals surface area contributed by atoms with Crippen LogP contribution in [0.3, 0.4) is 0 Å². The molecule has 7 nitrogen and oxygen atoms in total. The van der Waals surface area contributed by atoms with Crippen molar-refractivity contribution in [1.82, 2.24) is 25.1 Å². The third-order valence-corrected chi connectivity index (χ3v) is 5.91. The molecule has 3 heterocycles. The number of benzene rings is 1. The van der Waals surface area contributed by atoms with Crippen LogP contribution in [0.25, 0.3) is 0 Å². The summed E-state index contributed by atoms with van der Waals surface area (Å²) in [6.45, 7) is 1.35. The molecular formula is C21H23N5O2. The lowest BCUT2D eigenvalue weighted by atomic mass is 9.93. The van der Waals surface area contributed by atoms with Crippen LogP contribution in [0.5, 0.6) is 5.75 Å². The van der Waals surface area contributed by atoms with Gasteiger partial charge in [-0.15, -0.1) is 0 Å². The first-order valence-electron chi connectivity index (χ1n) is 9.66. The second kappa shape index (κ2) is 6.51. The monoisotopic (exact) mass is 377 g/mol. The van der Waals surface area contributed by atoms with E-state index in [0.717, 1.165) is 48.6 Å². The van der Waals surface area contributed by atoms with Crippen LogP contribution in [0.15, 0.2) is 42.7 Å². The lowest BCUT2D eigenvalue weighted by molar-refractivity contribution is 0.0950. The van der Waals surface area contributed by atoms with Crippen LogP contribution < -0.4 is 10.1 Å². The molecule has 7 heteroatoms. The zero-order valence-corrected chi connectivity index (χ0v) is 15.8. The largest absolute Gasteiger partial charge is 0.496 e. The Hall–Kier alpha value is -3.09. The molecule has 1 fully saturated rings. The van der Waals surface area contributed by atoms with Gasteiger partial charge in [-0.1, -0.05) is 18.2 Å². The summed E-state index contributed by atoms with van der Waals surface area (Å²) in [6, 6.07) is 9.93. The quantitative estimate of drug-likeness (QED) is 0.715. The Bertz CT molecular complexity index is 1000. The fourth-order valence-electron chi connectivity index (χ4n) is 4.16. The van der Waals surface area contributed by atoms with E-state index >= 15 is 0 Å². The third kappa shape index (κ3) is 2.87. The van der Waals surface area contributed by atoms with Crippen molar-refractivity contribution in [2.24, 2.45) is 0 Å². The number of aromatic amines is 1. The van der Waals surface area contributed by atoms with Crippen LogP contribution in [0, 0.1) is 0 Å². The van der Waals surface area contributed by atoms with Crippen LogP contribution in [0.1, 0.15) is 46.3 Å². The van der Waals surface area contributed by atoms with Crippen LogP contribution >= 0.6 is 0 Å². The molecule has 0 spiro atoms. The van der Waals surface area contributed by atoms with Crippen molar-refractivity contribution >= 4 is 5.91 Å². The molecule has 1 amide bonds. The number of hydrogen-bond acceptors (Lipinski definition) is 4. The Balaban J connectivity index is 1.46. The van der Waals surface area contributed by atoms with Gasteiger partial charge in [-0.05, 0) is 37.0 Å². The van der Waals surface area contributed by atoms with Gasteiger partial charge in [0, 0.05) is 36.0 Å². The maximum atomic E-state index is 12.7. The number of hydrogen-bond donors (Lipinski definition) is 2. The van der Waals surface area contributed by atoms with Gasteiger partial charge in [-0.3, -0.25) is 9.48 Å². The molecule has 0 radical (unpaired) electrons. The number of imidazole rings is 1. The minimum absolute atomic E-state index is 0.0432. The van der Waals surface area contributed by atoms with Crippen molar-refractivity contribution in [1.29, 1.82) is 0 Å². The zero-order valence-electron chi connectivity index (χ0n) is 15.8. The van der Waals surface area contributed by atoms with Gasteiger partial charge in [-0.25, -0.2) is 4.98 Å². The Morgan fingerprint density at radius 2 is 2.14 bits per heavy atom. The highest BCUT2D eigenvalue weighted by Crippen LogP contribution is 2.48. The van der Waals surface area contributed by atoms with Crippen molar-refractivity contribution in [2.75, 3.05) is 13.7 Å². The second-order valence-corrected chi connectivity index (χ2v) is 7.75. The molecule has 144 valence electrons. The maximum absolute atomic E-state index is 12.7. The van der Waals surface area contributed by atoms with Gasteiger partial charge in [-0.2, -0.15) is 5.10 Å². The Labute approximate surface area is 163 Å². The number of amides is 1. The molecule has 1 aliphatic carbocycles. The molecule has 28 heavy (non-hydrogen) atoms. The Kier molecular flexibility index (Phi) is 3.96. The summed E-state index contributed by atoms with van der Waals surface area (Å²) in [4.78, 5) is 20.9. The van der Waals surface area contributed by atoms with E-state index in [4.69, 9.17) is 9.72 Å². The summed E-state index contributed by atoms with van der Waals surface area (Å²) in [7, 11) is 1.68. The summed E-state index contributed by atoms with van der Waals surface area (Å²) in [5.74, 6) is 1.78. The van der Waals surface area contributed by atoms with E-state index in [1.807, 2.05) is 35.1 Å². The number of H-pyrrole nitrogens is 1. The second-order valence-electron chi connectivity index (χ2n) is 7.75. The first kappa shape index (κ1) is 17.0. The lowest BCUT2D eigenvalue weighted by Gasteiger charge is -2.18. The first-order valence-corrected chi connectivity index (χ1v) is 9.66. The summed E-state index contributed by atoms with van der Waals surface area (Å²) in [6.07, 6.45) is 6.59. The van der Waals surface area contributed by atoms with Crippen molar-refractivity contribution in [2.45, 2.75) is 37.1 Å². The fraction of sp³-hybridized carbons (Fsp3) is 0.381. The molecule has 3 aromatic rings. The van der Waals surface area contributed by atoms with Gasteiger partial charge >= 0.3 is 0 Å². The maximum Gasteiger partial charge on any atom is 0.271 e. The van der Waals surface area contributed by atoms with E-state index < -0.39 is 0 Å². The molecule has 2 N–H and O–H groups in total. The van der Waals surface area contributed by atoms with E-state index in [9.17, 15) is 4.79 Å². The fourth-order valence-corrected chi connectivity index (χ4v) is 4.16. The number of fused-ring (bicyclic) bond motifs is 1. The highest BCUT2D eigenvalue weighted by Gasteiger charge is 2.48. The first-order chi connectivity index (χ1) is 13.7. The highest BCUT2D eigenvalue weighted by atomic mass is 16.5. The van der Waals surface area contributed by atoms with Crippen molar-refractivity contribution < 1.29 is 9.53 Å². The number of nitrogens with zero attached hydrogens (tertiary/aromatic N) is 3. The van der Waals surface area contributed by atoms with Crippen molar-refractivity contribution in [3.63, 3.8) is 0 Å². The molecule has 1 aliphatic heterocycles. The molecular weight excluding hydrogens is 354 g/mol. The van der Waals surface area contributed by atoms with Crippen LogP contribution in [-0.2, 0) is 18.4 Å². The van der Waals surface area contributed by atoms with Gasteiger partial charge < -0.3 is 15.0 Å². The molecule has 5 rings (SSSR count). The normalized spacial score (nSPS) is 20.2. The number of ether oxygens (including phenoxy) is 1. The molecule has 1 unspecified atom stereocenters. The van der Waals surface area contributed by atoms with Gasteiger partial charge in [0.15, 0.2) is 0 Å². The van der Waals surface area contributed by atoms with E-state index in [1.54, 1.807) is 13.3 Å².